The van der Waals surface area contributed by atoms with Crippen molar-refractivity contribution in [2.75, 3.05) is 11.2 Å². The van der Waals surface area contributed by atoms with Crippen LogP contribution in [0.2, 0.25) is 19.6 Å². The molecule has 1 nitrogen and oxygen atoms in total. The first-order valence-corrected chi connectivity index (χ1v) is 11.1. The molecule has 19 heavy (non-hydrogen) atoms. The maximum absolute atomic E-state index is 5.85. The summed E-state index contributed by atoms with van der Waals surface area (Å²) in [6.07, 6.45) is 2.15. The van der Waals surface area contributed by atoms with Gasteiger partial charge in [0, 0.05) is 17.6 Å². The van der Waals surface area contributed by atoms with E-state index in [2.05, 4.69) is 61.8 Å². The highest BCUT2D eigenvalue weighted by Crippen LogP contribution is 2.19. The first-order chi connectivity index (χ1) is 8.92. The molecule has 1 unspecified atom stereocenters. The van der Waals surface area contributed by atoms with E-state index in [1.54, 1.807) is 0 Å². The Morgan fingerprint density at radius 1 is 1.26 bits per heavy atom. The second-order valence-corrected chi connectivity index (χ2v) is 11.5. The van der Waals surface area contributed by atoms with Crippen LogP contribution in [0, 0.1) is 0 Å². The molecule has 0 fully saturated rings. The van der Waals surface area contributed by atoms with E-state index in [0.717, 1.165) is 18.7 Å². The molecule has 1 atom stereocenters. The van der Waals surface area contributed by atoms with Crippen molar-refractivity contribution in [2.24, 2.45) is 0 Å². The summed E-state index contributed by atoms with van der Waals surface area (Å²) in [5, 5.41) is 3.58. The Labute approximate surface area is 124 Å². The highest BCUT2D eigenvalue weighted by atomic mass is 35.5. The second kappa shape index (κ2) is 7.76. The minimum Gasteiger partial charge on any atom is -0.379 e. The predicted octanol–water partition coefficient (Wildman–Crippen LogP) is 5.31. The van der Waals surface area contributed by atoms with Gasteiger partial charge in [0.25, 0.3) is 0 Å². The lowest BCUT2D eigenvalue weighted by Crippen LogP contribution is -2.24. The molecule has 0 amide bonds. The standard InChI is InChI=1S/C16H26ClNSi/c1-14(18-16-10-6-5-7-11-16)15(9-8-12-17)13-19(2,3)4/h5-7,10-11,13-14,18H,8-9,12H2,1-4H3/b15-13+. The minimum absolute atomic E-state index is 0.373. The molecule has 106 valence electrons. The molecular weight excluding hydrogens is 270 g/mol. The van der Waals surface area contributed by atoms with Crippen LogP contribution in [0.15, 0.2) is 41.6 Å². The quantitative estimate of drug-likeness (QED) is 0.531. The summed E-state index contributed by atoms with van der Waals surface area (Å²) < 4.78 is 0. The average Bonchev–Trinajstić information content (AvgIpc) is 2.34. The van der Waals surface area contributed by atoms with Crippen LogP contribution >= 0.6 is 11.6 Å². The highest BCUT2D eigenvalue weighted by Gasteiger charge is 2.15. The van der Waals surface area contributed by atoms with Crippen molar-refractivity contribution in [3.05, 3.63) is 41.6 Å². The van der Waals surface area contributed by atoms with Crippen molar-refractivity contribution in [1.29, 1.82) is 0 Å². The summed E-state index contributed by atoms with van der Waals surface area (Å²) >= 11 is 5.85. The zero-order chi connectivity index (χ0) is 14.3. The average molecular weight is 296 g/mol. The predicted molar refractivity (Wildman–Crippen MR) is 90.9 cm³/mol. The number of anilines is 1. The maximum atomic E-state index is 5.85. The van der Waals surface area contributed by atoms with Gasteiger partial charge >= 0.3 is 0 Å². The van der Waals surface area contributed by atoms with Gasteiger partial charge in [-0.15, -0.1) is 11.6 Å². The van der Waals surface area contributed by atoms with Gasteiger partial charge in [0.2, 0.25) is 0 Å². The van der Waals surface area contributed by atoms with Crippen molar-refractivity contribution in [1.82, 2.24) is 0 Å². The normalized spacial score (nSPS) is 14.3. The third-order valence-corrected chi connectivity index (χ3v) is 4.43. The van der Waals surface area contributed by atoms with Crippen molar-refractivity contribution >= 4 is 25.4 Å². The molecular formula is C16H26ClNSi. The third kappa shape index (κ3) is 6.83. The molecule has 0 saturated heterocycles. The van der Waals surface area contributed by atoms with Crippen LogP contribution in [-0.2, 0) is 0 Å². The lowest BCUT2D eigenvalue weighted by Gasteiger charge is -2.22. The SMILES string of the molecule is CC(Nc1ccccc1)/C(=C/[Si](C)(C)C)CCCCl. The van der Waals surface area contributed by atoms with E-state index in [1.165, 1.54) is 11.3 Å². The van der Waals surface area contributed by atoms with Gasteiger partial charge in [0.15, 0.2) is 0 Å². The van der Waals surface area contributed by atoms with Crippen LogP contribution in [-0.4, -0.2) is 20.0 Å². The number of benzene rings is 1. The number of rotatable bonds is 7. The molecule has 0 bridgehead atoms. The summed E-state index contributed by atoms with van der Waals surface area (Å²) in [5.41, 5.74) is 5.20. The fourth-order valence-corrected chi connectivity index (χ4v) is 3.76. The number of hydrogen-bond acceptors (Lipinski definition) is 1. The zero-order valence-electron chi connectivity index (χ0n) is 12.5. The third-order valence-electron chi connectivity index (χ3n) is 2.93. The van der Waals surface area contributed by atoms with Crippen LogP contribution < -0.4 is 5.32 Å². The van der Waals surface area contributed by atoms with Crippen LogP contribution in [0.1, 0.15) is 19.8 Å². The number of para-hydroxylation sites is 1. The van der Waals surface area contributed by atoms with Gasteiger partial charge in [-0.3, -0.25) is 0 Å². The number of alkyl halides is 1. The zero-order valence-corrected chi connectivity index (χ0v) is 14.3. The Morgan fingerprint density at radius 3 is 2.42 bits per heavy atom. The Bertz CT molecular complexity index is 395. The van der Waals surface area contributed by atoms with E-state index < -0.39 is 8.07 Å². The van der Waals surface area contributed by atoms with Gasteiger partial charge in [0.05, 0.1) is 8.07 Å². The molecule has 1 aromatic rings. The number of hydrogen-bond donors (Lipinski definition) is 1. The van der Waals surface area contributed by atoms with E-state index in [1.807, 2.05) is 6.07 Å². The molecule has 0 spiro atoms. The monoisotopic (exact) mass is 295 g/mol. The van der Waals surface area contributed by atoms with Gasteiger partial charge < -0.3 is 5.32 Å². The van der Waals surface area contributed by atoms with Gasteiger partial charge in [0.1, 0.15) is 0 Å². The molecule has 1 aromatic carbocycles. The summed E-state index contributed by atoms with van der Waals surface area (Å²) in [6.45, 7) is 9.38. The molecule has 0 aliphatic heterocycles. The summed E-state index contributed by atoms with van der Waals surface area (Å²) in [7, 11) is -1.20. The van der Waals surface area contributed by atoms with E-state index in [-0.39, 0.29) is 0 Å². The van der Waals surface area contributed by atoms with E-state index >= 15 is 0 Å². The van der Waals surface area contributed by atoms with Gasteiger partial charge in [-0.2, -0.15) is 0 Å². The molecule has 3 heteroatoms. The van der Waals surface area contributed by atoms with E-state index in [0.29, 0.717) is 6.04 Å². The van der Waals surface area contributed by atoms with E-state index in [4.69, 9.17) is 11.6 Å². The molecule has 0 aliphatic carbocycles. The first-order valence-electron chi connectivity index (χ1n) is 7.01. The molecule has 0 heterocycles. The molecule has 0 aromatic heterocycles. The number of nitrogens with one attached hydrogen (secondary N) is 1. The molecule has 1 rings (SSSR count). The van der Waals surface area contributed by atoms with Crippen LogP contribution in [0.3, 0.4) is 0 Å². The molecule has 1 N–H and O–H groups in total. The Hall–Kier alpha value is -0.733. The summed E-state index contributed by atoms with van der Waals surface area (Å²) in [4.78, 5) is 0. The fourth-order valence-electron chi connectivity index (χ4n) is 2.12. The fraction of sp³-hybridized carbons (Fsp3) is 0.500. The minimum atomic E-state index is -1.20. The molecule has 0 saturated carbocycles. The summed E-state index contributed by atoms with van der Waals surface area (Å²) in [5.74, 6) is 0.737. The highest BCUT2D eigenvalue weighted by molar-refractivity contribution is 6.81. The Balaban J connectivity index is 2.77. The van der Waals surface area contributed by atoms with Crippen molar-refractivity contribution in [3.63, 3.8) is 0 Å². The van der Waals surface area contributed by atoms with Gasteiger partial charge in [-0.25, -0.2) is 0 Å². The van der Waals surface area contributed by atoms with Crippen LogP contribution in [0.5, 0.6) is 0 Å². The van der Waals surface area contributed by atoms with Crippen molar-refractivity contribution in [2.45, 2.75) is 45.4 Å². The molecule has 0 radical (unpaired) electrons. The lowest BCUT2D eigenvalue weighted by molar-refractivity contribution is 0.805. The smallest absolute Gasteiger partial charge is 0.0687 e. The topological polar surface area (TPSA) is 12.0 Å². The van der Waals surface area contributed by atoms with Crippen molar-refractivity contribution in [3.8, 4) is 0 Å². The largest absolute Gasteiger partial charge is 0.379 e. The molecule has 0 aliphatic rings. The van der Waals surface area contributed by atoms with Crippen LogP contribution in [0.4, 0.5) is 5.69 Å². The Morgan fingerprint density at radius 2 is 1.89 bits per heavy atom. The van der Waals surface area contributed by atoms with Crippen molar-refractivity contribution < 1.29 is 0 Å². The van der Waals surface area contributed by atoms with Crippen LogP contribution in [0.25, 0.3) is 0 Å². The second-order valence-electron chi connectivity index (χ2n) is 6.11. The maximum Gasteiger partial charge on any atom is 0.0687 e. The first kappa shape index (κ1) is 16.3. The van der Waals surface area contributed by atoms with Gasteiger partial charge in [-0.1, -0.05) is 49.1 Å². The van der Waals surface area contributed by atoms with E-state index in [9.17, 15) is 0 Å². The summed E-state index contributed by atoms with van der Waals surface area (Å²) in [6, 6.07) is 10.8. The van der Waals surface area contributed by atoms with Gasteiger partial charge in [-0.05, 0) is 31.9 Å². The Kier molecular flexibility index (Phi) is 6.67. The number of halogens is 1. The lowest BCUT2D eigenvalue weighted by atomic mass is 10.1.